The summed E-state index contributed by atoms with van der Waals surface area (Å²) in [6, 6.07) is 18.7. The third-order valence-electron chi connectivity index (χ3n) is 4.13. The Bertz CT molecular complexity index is 620. The molecule has 2 rings (SSSR count). The molecule has 24 heavy (non-hydrogen) atoms. The van der Waals surface area contributed by atoms with Gasteiger partial charge in [0.25, 0.3) is 0 Å². The number of carbonyl (C=O) groups excluding carboxylic acids is 1. The van der Waals surface area contributed by atoms with Crippen LogP contribution >= 0.6 is 0 Å². The van der Waals surface area contributed by atoms with Crippen molar-refractivity contribution in [2.75, 3.05) is 27.2 Å². The standard InChI is InChI=1S/C21H28N2O/c1-18-9-11-19(12-10-18)13-14-21(24)23(16-15-22(2)3)17-20-7-5-4-6-8-20/h4-12H,13-17H2,1-3H3. The molecule has 0 aliphatic rings. The van der Waals surface area contributed by atoms with Gasteiger partial charge in [0.05, 0.1) is 0 Å². The Morgan fingerprint density at radius 3 is 2.17 bits per heavy atom. The second kappa shape index (κ2) is 9.24. The summed E-state index contributed by atoms with van der Waals surface area (Å²) in [7, 11) is 4.08. The maximum absolute atomic E-state index is 12.7. The van der Waals surface area contributed by atoms with Crippen molar-refractivity contribution in [3.8, 4) is 0 Å². The first kappa shape index (κ1) is 18.2. The van der Waals surface area contributed by atoms with Gasteiger partial charge in [0.1, 0.15) is 0 Å². The van der Waals surface area contributed by atoms with Crippen molar-refractivity contribution in [3.63, 3.8) is 0 Å². The Morgan fingerprint density at radius 1 is 0.875 bits per heavy atom. The lowest BCUT2D eigenvalue weighted by molar-refractivity contribution is -0.131. The Kier molecular flexibility index (Phi) is 7.01. The maximum Gasteiger partial charge on any atom is 0.223 e. The fourth-order valence-corrected chi connectivity index (χ4v) is 2.58. The average Bonchev–Trinajstić information content (AvgIpc) is 2.58. The Labute approximate surface area is 145 Å². The van der Waals surface area contributed by atoms with Gasteiger partial charge in [-0.05, 0) is 38.6 Å². The van der Waals surface area contributed by atoms with Gasteiger partial charge in [-0.15, -0.1) is 0 Å². The van der Waals surface area contributed by atoms with Crippen LogP contribution in [0.25, 0.3) is 0 Å². The first-order valence-electron chi connectivity index (χ1n) is 8.56. The van der Waals surface area contributed by atoms with Gasteiger partial charge in [0, 0.05) is 26.1 Å². The second-order valence-corrected chi connectivity index (χ2v) is 6.59. The van der Waals surface area contributed by atoms with E-state index in [0.29, 0.717) is 13.0 Å². The van der Waals surface area contributed by atoms with E-state index in [0.717, 1.165) is 19.5 Å². The molecule has 0 bridgehead atoms. The van der Waals surface area contributed by atoms with Crippen LogP contribution in [0.15, 0.2) is 54.6 Å². The van der Waals surface area contributed by atoms with E-state index in [-0.39, 0.29) is 5.91 Å². The van der Waals surface area contributed by atoms with Crippen molar-refractivity contribution in [1.82, 2.24) is 9.80 Å². The van der Waals surface area contributed by atoms with Gasteiger partial charge < -0.3 is 9.80 Å². The highest BCUT2D eigenvalue weighted by Gasteiger charge is 2.14. The average molecular weight is 324 g/mol. The van der Waals surface area contributed by atoms with E-state index >= 15 is 0 Å². The van der Waals surface area contributed by atoms with E-state index in [9.17, 15) is 4.79 Å². The number of hydrogen-bond donors (Lipinski definition) is 0. The number of likely N-dealkylation sites (N-methyl/N-ethyl adjacent to an activating group) is 1. The number of amides is 1. The fraction of sp³-hybridized carbons (Fsp3) is 0.381. The minimum absolute atomic E-state index is 0.223. The number of benzene rings is 2. The number of nitrogens with zero attached hydrogens (tertiary/aromatic N) is 2. The SMILES string of the molecule is Cc1ccc(CCC(=O)N(CCN(C)C)Cc2ccccc2)cc1. The molecule has 0 aliphatic heterocycles. The maximum atomic E-state index is 12.7. The third-order valence-corrected chi connectivity index (χ3v) is 4.13. The van der Waals surface area contributed by atoms with Gasteiger partial charge in [-0.3, -0.25) is 4.79 Å². The summed E-state index contributed by atoms with van der Waals surface area (Å²) >= 11 is 0. The van der Waals surface area contributed by atoms with Crippen molar-refractivity contribution in [2.24, 2.45) is 0 Å². The van der Waals surface area contributed by atoms with Crippen LogP contribution in [-0.4, -0.2) is 42.9 Å². The molecular weight excluding hydrogens is 296 g/mol. The van der Waals surface area contributed by atoms with E-state index in [1.165, 1.54) is 16.7 Å². The number of hydrogen-bond acceptors (Lipinski definition) is 2. The van der Waals surface area contributed by atoms with Crippen LogP contribution in [0, 0.1) is 6.92 Å². The zero-order valence-electron chi connectivity index (χ0n) is 15.0. The predicted molar refractivity (Wildman–Crippen MR) is 99.9 cm³/mol. The van der Waals surface area contributed by atoms with E-state index in [1.807, 2.05) is 37.2 Å². The molecule has 0 saturated heterocycles. The second-order valence-electron chi connectivity index (χ2n) is 6.59. The van der Waals surface area contributed by atoms with Crippen LogP contribution in [0.3, 0.4) is 0 Å². The molecule has 1 amide bonds. The van der Waals surface area contributed by atoms with Gasteiger partial charge in [0.15, 0.2) is 0 Å². The lowest BCUT2D eigenvalue weighted by Gasteiger charge is -2.24. The van der Waals surface area contributed by atoms with Crippen LogP contribution in [-0.2, 0) is 17.8 Å². The highest BCUT2D eigenvalue weighted by atomic mass is 16.2. The molecule has 3 nitrogen and oxygen atoms in total. The van der Waals surface area contributed by atoms with Gasteiger partial charge in [-0.25, -0.2) is 0 Å². The smallest absolute Gasteiger partial charge is 0.223 e. The Morgan fingerprint density at radius 2 is 1.54 bits per heavy atom. The molecule has 128 valence electrons. The lowest BCUT2D eigenvalue weighted by atomic mass is 10.1. The lowest BCUT2D eigenvalue weighted by Crippen LogP contribution is -2.36. The molecule has 0 heterocycles. The molecule has 0 aromatic heterocycles. The van der Waals surface area contributed by atoms with Crippen molar-refractivity contribution in [3.05, 3.63) is 71.3 Å². The number of carbonyl (C=O) groups is 1. The highest BCUT2D eigenvalue weighted by Crippen LogP contribution is 2.10. The normalized spacial score (nSPS) is 10.8. The largest absolute Gasteiger partial charge is 0.337 e. The molecule has 2 aromatic carbocycles. The molecule has 0 fully saturated rings. The van der Waals surface area contributed by atoms with Crippen molar-refractivity contribution >= 4 is 5.91 Å². The molecular formula is C21H28N2O. The summed E-state index contributed by atoms with van der Waals surface area (Å²) in [4.78, 5) is 16.8. The molecule has 0 radical (unpaired) electrons. The third kappa shape index (κ3) is 6.17. The molecule has 0 saturated carbocycles. The van der Waals surface area contributed by atoms with Crippen LogP contribution in [0.5, 0.6) is 0 Å². The van der Waals surface area contributed by atoms with Gasteiger partial charge in [-0.1, -0.05) is 60.2 Å². The van der Waals surface area contributed by atoms with Crippen molar-refractivity contribution in [2.45, 2.75) is 26.3 Å². The topological polar surface area (TPSA) is 23.6 Å². The Hall–Kier alpha value is -2.13. The molecule has 0 aliphatic carbocycles. The van der Waals surface area contributed by atoms with Gasteiger partial charge in [-0.2, -0.15) is 0 Å². The molecule has 3 heteroatoms. The molecule has 0 spiro atoms. The van der Waals surface area contributed by atoms with Crippen molar-refractivity contribution in [1.29, 1.82) is 0 Å². The highest BCUT2D eigenvalue weighted by molar-refractivity contribution is 5.76. The van der Waals surface area contributed by atoms with Crippen LogP contribution in [0.2, 0.25) is 0 Å². The molecule has 0 N–H and O–H groups in total. The summed E-state index contributed by atoms with van der Waals surface area (Å²) < 4.78 is 0. The first-order chi connectivity index (χ1) is 11.5. The summed E-state index contributed by atoms with van der Waals surface area (Å²) in [5, 5.41) is 0. The zero-order valence-corrected chi connectivity index (χ0v) is 15.0. The summed E-state index contributed by atoms with van der Waals surface area (Å²) in [5.41, 5.74) is 3.66. The van der Waals surface area contributed by atoms with Gasteiger partial charge in [0.2, 0.25) is 5.91 Å². The van der Waals surface area contributed by atoms with Crippen LogP contribution in [0.4, 0.5) is 0 Å². The van der Waals surface area contributed by atoms with Crippen LogP contribution < -0.4 is 0 Å². The van der Waals surface area contributed by atoms with Crippen LogP contribution in [0.1, 0.15) is 23.1 Å². The Balaban J connectivity index is 1.96. The minimum atomic E-state index is 0.223. The zero-order chi connectivity index (χ0) is 17.4. The van der Waals surface area contributed by atoms with E-state index in [2.05, 4.69) is 48.2 Å². The molecule has 0 unspecified atom stereocenters. The summed E-state index contributed by atoms with van der Waals surface area (Å²) in [6.07, 6.45) is 1.36. The summed E-state index contributed by atoms with van der Waals surface area (Å²) in [6.45, 7) is 4.40. The van der Waals surface area contributed by atoms with Gasteiger partial charge >= 0.3 is 0 Å². The predicted octanol–water partition coefficient (Wildman–Crippen LogP) is 3.52. The fourth-order valence-electron chi connectivity index (χ4n) is 2.58. The monoisotopic (exact) mass is 324 g/mol. The first-order valence-corrected chi connectivity index (χ1v) is 8.56. The molecule has 0 atom stereocenters. The van der Waals surface area contributed by atoms with Crippen molar-refractivity contribution < 1.29 is 4.79 Å². The van der Waals surface area contributed by atoms with E-state index < -0.39 is 0 Å². The summed E-state index contributed by atoms with van der Waals surface area (Å²) in [5.74, 6) is 0.223. The van der Waals surface area contributed by atoms with E-state index in [4.69, 9.17) is 0 Å². The molecule has 2 aromatic rings. The van der Waals surface area contributed by atoms with E-state index in [1.54, 1.807) is 0 Å². The minimum Gasteiger partial charge on any atom is -0.337 e. The number of rotatable bonds is 8. The number of aryl methyl sites for hydroxylation is 2. The quantitative estimate of drug-likeness (QED) is 0.742.